The van der Waals surface area contributed by atoms with Gasteiger partial charge in [0.15, 0.2) is 17.2 Å². The zero-order valence-corrected chi connectivity index (χ0v) is 13.9. The van der Waals surface area contributed by atoms with E-state index in [1.54, 1.807) is 6.08 Å². The lowest BCUT2D eigenvalue weighted by molar-refractivity contribution is -0.130. The van der Waals surface area contributed by atoms with Gasteiger partial charge in [0.25, 0.3) is 0 Å². The van der Waals surface area contributed by atoms with Gasteiger partial charge in [0.05, 0.1) is 0 Å². The average molecular weight is 351 g/mol. The van der Waals surface area contributed by atoms with Crippen LogP contribution in [0.1, 0.15) is 18.1 Å². The van der Waals surface area contributed by atoms with Gasteiger partial charge in [-0.1, -0.05) is 12.1 Å². The zero-order valence-electron chi connectivity index (χ0n) is 13.9. The molecule has 0 spiro atoms. The van der Waals surface area contributed by atoms with Gasteiger partial charge in [-0.2, -0.15) is 0 Å². The van der Waals surface area contributed by atoms with Crippen molar-refractivity contribution in [3.05, 3.63) is 76.8 Å². The Labute approximate surface area is 149 Å². The smallest absolute Gasteiger partial charge is 0.363 e. The molecule has 6 heteroatoms. The first-order valence-corrected chi connectivity index (χ1v) is 7.95. The summed E-state index contributed by atoms with van der Waals surface area (Å²) in [4.78, 5) is 16.2. The van der Waals surface area contributed by atoms with Gasteiger partial charge in [-0.15, -0.1) is 0 Å². The quantitative estimate of drug-likeness (QED) is 0.623. The molecule has 0 radical (unpaired) electrons. The summed E-state index contributed by atoms with van der Waals surface area (Å²) in [7, 11) is 0. The van der Waals surface area contributed by atoms with Crippen molar-refractivity contribution in [1.29, 1.82) is 0 Å². The van der Waals surface area contributed by atoms with E-state index in [9.17, 15) is 9.18 Å². The number of ether oxygens (including phenoxy) is 3. The second-order valence-corrected chi connectivity index (χ2v) is 5.84. The Morgan fingerprint density at radius 1 is 1.12 bits per heavy atom. The SMILES string of the molecule is CC(=Cc1ccc2c(c1)OCO2)C=C1N=C(c2ccc(F)cc2)OC1=O. The van der Waals surface area contributed by atoms with Crippen LogP contribution in [0.4, 0.5) is 4.39 Å². The monoisotopic (exact) mass is 351 g/mol. The maximum absolute atomic E-state index is 13.0. The van der Waals surface area contributed by atoms with Crippen molar-refractivity contribution in [3.63, 3.8) is 0 Å². The molecule has 0 N–H and O–H groups in total. The van der Waals surface area contributed by atoms with Crippen LogP contribution in [-0.4, -0.2) is 18.7 Å². The molecule has 0 bridgehead atoms. The molecule has 0 saturated carbocycles. The van der Waals surface area contributed by atoms with Gasteiger partial charge in [-0.25, -0.2) is 14.2 Å². The third-order valence-corrected chi connectivity index (χ3v) is 3.87. The summed E-state index contributed by atoms with van der Waals surface area (Å²) in [5.74, 6) is 0.666. The van der Waals surface area contributed by atoms with Crippen LogP contribution in [0.3, 0.4) is 0 Å². The van der Waals surface area contributed by atoms with E-state index in [4.69, 9.17) is 14.2 Å². The highest BCUT2D eigenvalue weighted by atomic mass is 19.1. The third kappa shape index (κ3) is 3.21. The highest BCUT2D eigenvalue weighted by molar-refractivity contribution is 6.11. The molecule has 2 aromatic carbocycles. The molecule has 0 fully saturated rings. The Morgan fingerprint density at radius 3 is 2.69 bits per heavy atom. The van der Waals surface area contributed by atoms with Gasteiger partial charge in [0, 0.05) is 5.56 Å². The molecule has 0 atom stereocenters. The second-order valence-electron chi connectivity index (χ2n) is 5.84. The summed E-state index contributed by atoms with van der Waals surface area (Å²) in [6, 6.07) is 11.2. The van der Waals surface area contributed by atoms with Crippen molar-refractivity contribution in [2.75, 3.05) is 6.79 Å². The van der Waals surface area contributed by atoms with Crippen molar-refractivity contribution >= 4 is 17.9 Å². The Kier molecular flexibility index (Phi) is 4.01. The van der Waals surface area contributed by atoms with Crippen molar-refractivity contribution in [2.45, 2.75) is 6.92 Å². The largest absolute Gasteiger partial charge is 0.454 e. The van der Waals surface area contributed by atoms with Crippen LogP contribution in [0.2, 0.25) is 0 Å². The van der Waals surface area contributed by atoms with Crippen molar-refractivity contribution in [3.8, 4) is 11.5 Å². The van der Waals surface area contributed by atoms with E-state index < -0.39 is 5.97 Å². The number of aliphatic imine (C=N–C) groups is 1. The molecule has 2 aliphatic heterocycles. The summed E-state index contributed by atoms with van der Waals surface area (Å²) in [6.45, 7) is 2.08. The number of carbonyl (C=O) groups excluding carboxylic acids is 1. The first-order chi connectivity index (χ1) is 12.6. The van der Waals surface area contributed by atoms with Crippen LogP contribution in [0, 0.1) is 5.82 Å². The zero-order chi connectivity index (χ0) is 18.1. The van der Waals surface area contributed by atoms with Crippen LogP contribution in [-0.2, 0) is 9.53 Å². The number of rotatable bonds is 3. The summed E-state index contributed by atoms with van der Waals surface area (Å²) in [6.07, 6.45) is 3.54. The minimum atomic E-state index is -0.539. The molecule has 0 unspecified atom stereocenters. The molecule has 4 rings (SSSR count). The number of halogens is 1. The standard InChI is InChI=1S/C20H14FNO4/c1-12(8-13-2-7-17-18(10-13)25-11-24-17)9-16-20(23)26-19(22-16)14-3-5-15(21)6-4-14/h2-10H,11H2,1H3. The number of allylic oxidation sites excluding steroid dienone is 2. The molecule has 2 aliphatic rings. The molecular formula is C20H14FNO4. The van der Waals surface area contributed by atoms with Crippen LogP contribution in [0.15, 0.2) is 64.8 Å². The summed E-state index contributed by atoms with van der Waals surface area (Å²) in [5.41, 5.74) is 2.47. The lowest BCUT2D eigenvalue weighted by atomic mass is 10.1. The first kappa shape index (κ1) is 16.1. The van der Waals surface area contributed by atoms with Gasteiger partial charge in [0.1, 0.15) is 5.82 Å². The van der Waals surface area contributed by atoms with Gasteiger partial charge < -0.3 is 14.2 Å². The average Bonchev–Trinajstić information content (AvgIpc) is 3.22. The van der Waals surface area contributed by atoms with Crippen molar-refractivity contribution in [2.24, 2.45) is 4.99 Å². The Bertz CT molecular complexity index is 974. The number of fused-ring (bicyclic) bond motifs is 1. The normalized spacial score (nSPS) is 17.5. The lowest BCUT2D eigenvalue weighted by Gasteiger charge is -1.99. The molecule has 2 aromatic rings. The third-order valence-electron chi connectivity index (χ3n) is 3.87. The highest BCUT2D eigenvalue weighted by Gasteiger charge is 2.24. The van der Waals surface area contributed by atoms with E-state index >= 15 is 0 Å². The molecule has 0 aliphatic carbocycles. The number of hydrogen-bond donors (Lipinski definition) is 0. The van der Waals surface area contributed by atoms with Crippen LogP contribution in [0.25, 0.3) is 6.08 Å². The van der Waals surface area contributed by atoms with Crippen LogP contribution >= 0.6 is 0 Å². The Hall–Kier alpha value is -3.41. The predicted octanol–water partition coefficient (Wildman–Crippen LogP) is 3.85. The fraction of sp³-hybridized carbons (Fsp3) is 0.100. The predicted molar refractivity (Wildman–Crippen MR) is 93.3 cm³/mol. The fourth-order valence-electron chi connectivity index (χ4n) is 2.65. The summed E-state index contributed by atoms with van der Waals surface area (Å²) in [5, 5.41) is 0. The topological polar surface area (TPSA) is 57.1 Å². The fourth-order valence-corrected chi connectivity index (χ4v) is 2.65. The van der Waals surface area contributed by atoms with Crippen molar-refractivity contribution < 1.29 is 23.4 Å². The molecule has 0 amide bonds. The van der Waals surface area contributed by atoms with Gasteiger partial charge >= 0.3 is 5.97 Å². The minimum absolute atomic E-state index is 0.164. The summed E-state index contributed by atoms with van der Waals surface area (Å²) < 4.78 is 28.8. The number of cyclic esters (lactones) is 1. The van der Waals surface area contributed by atoms with Crippen molar-refractivity contribution in [1.82, 2.24) is 0 Å². The van der Waals surface area contributed by atoms with Crippen LogP contribution in [0.5, 0.6) is 11.5 Å². The van der Waals surface area contributed by atoms with E-state index in [1.807, 2.05) is 31.2 Å². The van der Waals surface area contributed by atoms with Gasteiger partial charge in [-0.05, 0) is 60.5 Å². The van der Waals surface area contributed by atoms with Gasteiger partial charge in [-0.3, -0.25) is 0 Å². The van der Waals surface area contributed by atoms with E-state index in [0.717, 1.165) is 11.1 Å². The highest BCUT2D eigenvalue weighted by Crippen LogP contribution is 2.33. The lowest BCUT2D eigenvalue weighted by Crippen LogP contribution is -2.05. The second kappa shape index (κ2) is 6.48. The number of carbonyl (C=O) groups is 1. The molecule has 130 valence electrons. The number of benzene rings is 2. The maximum Gasteiger partial charge on any atom is 0.363 e. The number of esters is 1. The maximum atomic E-state index is 13.0. The van der Waals surface area contributed by atoms with Gasteiger partial charge in [0.2, 0.25) is 12.7 Å². The summed E-state index contributed by atoms with van der Waals surface area (Å²) >= 11 is 0. The molecule has 5 nitrogen and oxygen atoms in total. The molecule has 0 aromatic heterocycles. The van der Waals surface area contributed by atoms with Crippen LogP contribution < -0.4 is 9.47 Å². The molecule has 2 heterocycles. The Morgan fingerprint density at radius 2 is 1.88 bits per heavy atom. The number of nitrogens with zero attached hydrogens (tertiary/aromatic N) is 1. The van der Waals surface area contributed by atoms with E-state index in [1.165, 1.54) is 24.3 Å². The minimum Gasteiger partial charge on any atom is -0.454 e. The number of hydrogen-bond acceptors (Lipinski definition) is 5. The molecular weight excluding hydrogens is 337 g/mol. The first-order valence-electron chi connectivity index (χ1n) is 7.95. The van der Waals surface area contributed by atoms with E-state index in [0.29, 0.717) is 17.1 Å². The Balaban J connectivity index is 1.58. The molecule has 0 saturated heterocycles. The van der Waals surface area contributed by atoms with E-state index in [2.05, 4.69) is 4.99 Å². The molecule has 26 heavy (non-hydrogen) atoms. The van der Waals surface area contributed by atoms with E-state index in [-0.39, 0.29) is 24.2 Å².